The van der Waals surface area contributed by atoms with Crippen LogP contribution in [0, 0.1) is 34.8 Å². The number of tetrazole rings is 1. The highest BCUT2D eigenvalue weighted by Crippen LogP contribution is 2.43. The Hall–Kier alpha value is -5.55. The molecule has 0 aliphatic rings. The molecule has 11 heteroatoms. The molecule has 0 fully saturated rings. The molecule has 208 valence electrons. The van der Waals surface area contributed by atoms with E-state index in [2.05, 4.69) is 38.4 Å². The number of rotatable bonds is 8. The summed E-state index contributed by atoms with van der Waals surface area (Å²) in [6.45, 7) is -0.136. The molecule has 0 N–H and O–H groups in total. The van der Waals surface area contributed by atoms with Gasteiger partial charge in [0.2, 0.25) is 0 Å². The molecule has 5 aromatic rings. The normalized spacial score (nSPS) is 11.7. The Morgan fingerprint density at radius 2 is 1.60 bits per heavy atom. The summed E-state index contributed by atoms with van der Waals surface area (Å²) < 4.78 is 66.3. The first kappa shape index (κ1) is 28.0. The number of hydrogen-bond donors (Lipinski definition) is 0. The predicted molar refractivity (Wildman–Crippen MR) is 143 cm³/mol. The number of benzene rings is 3. The van der Waals surface area contributed by atoms with Gasteiger partial charge in [0.25, 0.3) is 5.92 Å². The van der Waals surface area contributed by atoms with Gasteiger partial charge in [0.1, 0.15) is 36.0 Å². The highest BCUT2D eigenvalue weighted by atomic mass is 19.3. The fourth-order valence-corrected chi connectivity index (χ4v) is 4.11. The second-order valence-electron chi connectivity index (χ2n) is 9.18. The number of alkyl halides is 2. The Morgan fingerprint density at radius 1 is 0.881 bits per heavy atom. The fraction of sp³-hybridized carbons (Fsp3) is 0.129. The molecule has 0 spiro atoms. The standard InChI is InChI=1S/C31H20F4N6O/c32-25-10-13-27(29(33)15-25)28(18-41-20-38-39-40-41)31(34,35)30-14-9-23(17-37-30)4-1-21-7-11-26(12-8-21)42-19-24-5-2-22(16-36)3-6-24/h2-3,5-15,17,20,28H,18-19H2. The number of nitriles is 1. The average molecular weight is 569 g/mol. The topological polar surface area (TPSA) is 89.5 Å². The highest BCUT2D eigenvalue weighted by Gasteiger charge is 2.45. The van der Waals surface area contributed by atoms with E-state index in [9.17, 15) is 8.78 Å². The van der Waals surface area contributed by atoms with E-state index >= 15 is 8.78 Å². The zero-order chi connectivity index (χ0) is 29.5. The Morgan fingerprint density at radius 3 is 2.24 bits per heavy atom. The van der Waals surface area contributed by atoms with Crippen molar-refractivity contribution in [2.24, 2.45) is 0 Å². The Labute approximate surface area is 238 Å². The number of ether oxygens (including phenoxy) is 1. The predicted octanol–water partition coefficient (Wildman–Crippen LogP) is 5.77. The van der Waals surface area contributed by atoms with Gasteiger partial charge in [-0.2, -0.15) is 14.0 Å². The largest absolute Gasteiger partial charge is 0.489 e. The molecule has 2 aromatic heterocycles. The number of halogens is 4. The van der Waals surface area contributed by atoms with Crippen LogP contribution in [0.4, 0.5) is 17.6 Å². The first-order chi connectivity index (χ1) is 20.3. The van der Waals surface area contributed by atoms with Crippen molar-refractivity contribution in [2.75, 3.05) is 0 Å². The van der Waals surface area contributed by atoms with Crippen molar-refractivity contribution in [3.05, 3.63) is 137 Å². The maximum absolute atomic E-state index is 15.7. The monoisotopic (exact) mass is 568 g/mol. The Kier molecular flexibility index (Phi) is 8.21. The van der Waals surface area contributed by atoms with Crippen LogP contribution >= 0.6 is 0 Å². The van der Waals surface area contributed by atoms with Gasteiger partial charge in [-0.25, -0.2) is 13.5 Å². The summed E-state index contributed by atoms with van der Waals surface area (Å²) in [6, 6.07) is 21.2. The third-order valence-corrected chi connectivity index (χ3v) is 6.34. The van der Waals surface area contributed by atoms with Gasteiger partial charge < -0.3 is 4.74 Å². The van der Waals surface area contributed by atoms with Crippen molar-refractivity contribution >= 4 is 0 Å². The molecule has 0 saturated heterocycles. The SMILES string of the molecule is N#Cc1ccc(COc2ccc(C#Cc3ccc(C(F)(F)C(Cn4cnnn4)c4ccc(F)cc4F)nc3)cc2)cc1. The zero-order valence-corrected chi connectivity index (χ0v) is 21.8. The lowest BCUT2D eigenvalue weighted by molar-refractivity contribution is -0.0455. The Bertz CT molecular complexity index is 1760. The lowest BCUT2D eigenvalue weighted by atomic mass is 9.89. The summed E-state index contributed by atoms with van der Waals surface area (Å²) in [5.41, 5.74) is 1.55. The van der Waals surface area contributed by atoms with E-state index in [1.165, 1.54) is 12.3 Å². The molecule has 2 heterocycles. The molecular formula is C31H20F4N6O. The number of hydrogen-bond acceptors (Lipinski definition) is 6. The van der Waals surface area contributed by atoms with Crippen molar-refractivity contribution in [2.45, 2.75) is 25.0 Å². The van der Waals surface area contributed by atoms with Crippen LogP contribution in [0.3, 0.4) is 0 Å². The molecule has 0 aliphatic heterocycles. The van der Waals surface area contributed by atoms with Gasteiger partial charge >= 0.3 is 0 Å². The van der Waals surface area contributed by atoms with Gasteiger partial charge in [0.15, 0.2) is 0 Å². The average Bonchev–Trinajstić information content (AvgIpc) is 3.53. The first-order valence-corrected chi connectivity index (χ1v) is 12.6. The van der Waals surface area contributed by atoms with Crippen LogP contribution in [0.15, 0.2) is 91.4 Å². The maximum Gasteiger partial charge on any atom is 0.298 e. The van der Waals surface area contributed by atoms with Crippen LogP contribution in [0.2, 0.25) is 0 Å². The van der Waals surface area contributed by atoms with Gasteiger partial charge in [-0.3, -0.25) is 4.98 Å². The van der Waals surface area contributed by atoms with Gasteiger partial charge in [-0.15, -0.1) is 5.10 Å². The first-order valence-electron chi connectivity index (χ1n) is 12.6. The van der Waals surface area contributed by atoms with Crippen LogP contribution in [0.25, 0.3) is 0 Å². The number of aromatic nitrogens is 5. The molecule has 7 nitrogen and oxygen atoms in total. The van der Waals surface area contributed by atoms with E-state index in [1.807, 2.05) is 12.1 Å². The van der Waals surface area contributed by atoms with Crippen molar-refractivity contribution in [1.29, 1.82) is 5.26 Å². The molecule has 0 radical (unpaired) electrons. The quantitative estimate of drug-likeness (QED) is 0.174. The van der Waals surface area contributed by atoms with Crippen LogP contribution in [0.5, 0.6) is 5.75 Å². The van der Waals surface area contributed by atoms with E-state index in [0.717, 1.165) is 34.8 Å². The molecule has 3 aromatic carbocycles. The minimum atomic E-state index is -3.66. The second-order valence-corrected chi connectivity index (χ2v) is 9.18. The van der Waals surface area contributed by atoms with Crippen molar-refractivity contribution in [3.63, 3.8) is 0 Å². The summed E-state index contributed by atoms with van der Waals surface area (Å²) in [4.78, 5) is 3.92. The molecular weight excluding hydrogens is 548 g/mol. The minimum Gasteiger partial charge on any atom is -0.489 e. The van der Waals surface area contributed by atoms with Crippen molar-refractivity contribution in [1.82, 2.24) is 25.2 Å². The molecule has 5 rings (SSSR count). The fourth-order valence-electron chi connectivity index (χ4n) is 4.11. The molecule has 1 unspecified atom stereocenters. The van der Waals surface area contributed by atoms with E-state index < -0.39 is 41.3 Å². The van der Waals surface area contributed by atoms with Crippen LogP contribution < -0.4 is 4.74 Å². The van der Waals surface area contributed by atoms with E-state index in [-0.39, 0.29) is 0 Å². The molecule has 0 aliphatic carbocycles. The minimum absolute atomic E-state index is 0.337. The van der Waals surface area contributed by atoms with Crippen LogP contribution in [0.1, 0.15) is 39.4 Å². The molecule has 0 saturated carbocycles. The van der Waals surface area contributed by atoms with Gasteiger partial charge in [-0.05, 0) is 76.2 Å². The third kappa shape index (κ3) is 6.60. The summed E-state index contributed by atoms with van der Waals surface area (Å²) in [5, 5.41) is 19.4. The van der Waals surface area contributed by atoms with Crippen LogP contribution in [-0.2, 0) is 19.1 Å². The molecule has 1 atom stereocenters. The molecule has 0 bridgehead atoms. The van der Waals surface area contributed by atoms with Gasteiger partial charge in [0, 0.05) is 23.4 Å². The van der Waals surface area contributed by atoms with Gasteiger partial charge in [0.05, 0.1) is 24.1 Å². The lowest BCUT2D eigenvalue weighted by Gasteiger charge is -2.27. The van der Waals surface area contributed by atoms with Gasteiger partial charge in [-0.1, -0.05) is 30.0 Å². The van der Waals surface area contributed by atoms with Crippen molar-refractivity contribution in [3.8, 4) is 23.7 Å². The summed E-state index contributed by atoms with van der Waals surface area (Å²) >= 11 is 0. The van der Waals surface area contributed by atoms with Crippen LogP contribution in [-0.4, -0.2) is 25.2 Å². The second kappa shape index (κ2) is 12.3. The molecule has 0 amide bonds. The molecule has 42 heavy (non-hydrogen) atoms. The van der Waals surface area contributed by atoms with Crippen molar-refractivity contribution < 1.29 is 22.3 Å². The Balaban J connectivity index is 1.28. The zero-order valence-electron chi connectivity index (χ0n) is 21.8. The number of nitrogens with zero attached hydrogens (tertiary/aromatic N) is 6. The van der Waals surface area contributed by atoms with E-state index in [0.29, 0.717) is 35.1 Å². The smallest absolute Gasteiger partial charge is 0.298 e. The van der Waals surface area contributed by atoms with E-state index in [4.69, 9.17) is 10.00 Å². The highest BCUT2D eigenvalue weighted by molar-refractivity contribution is 5.44. The maximum atomic E-state index is 15.7. The third-order valence-electron chi connectivity index (χ3n) is 6.34. The van der Waals surface area contributed by atoms with E-state index in [1.54, 1.807) is 36.4 Å². The number of pyridine rings is 1. The summed E-state index contributed by atoms with van der Waals surface area (Å²) in [5.74, 6) is -0.965. The summed E-state index contributed by atoms with van der Waals surface area (Å²) in [7, 11) is 0. The summed E-state index contributed by atoms with van der Waals surface area (Å²) in [6.07, 6.45) is 2.34. The lowest BCUT2D eigenvalue weighted by Crippen LogP contribution is -2.30.